The summed E-state index contributed by atoms with van der Waals surface area (Å²) in [4.78, 5) is 14.7. The Bertz CT molecular complexity index is 698. The summed E-state index contributed by atoms with van der Waals surface area (Å²) in [5.41, 5.74) is 4.04. The van der Waals surface area contributed by atoms with Crippen molar-refractivity contribution in [1.29, 1.82) is 0 Å². The van der Waals surface area contributed by atoms with Gasteiger partial charge >= 0.3 is 6.03 Å². The summed E-state index contributed by atoms with van der Waals surface area (Å²) in [6.45, 7) is 8.45. The number of aryl methyl sites for hydroxylation is 1. The molecule has 0 aliphatic rings. The number of hydrogen-bond acceptors (Lipinski definition) is 2. The van der Waals surface area contributed by atoms with Crippen LogP contribution in [0.15, 0.2) is 48.5 Å². The first-order chi connectivity index (χ1) is 11.9. The van der Waals surface area contributed by atoms with Crippen LogP contribution in [0, 0.1) is 19.8 Å². The molecule has 2 aromatic rings. The van der Waals surface area contributed by atoms with Gasteiger partial charge in [-0.2, -0.15) is 0 Å². The first kappa shape index (κ1) is 19.0. The van der Waals surface area contributed by atoms with Gasteiger partial charge in [0.1, 0.15) is 0 Å². The van der Waals surface area contributed by atoms with E-state index >= 15 is 0 Å². The molecule has 0 saturated carbocycles. The third-order valence-corrected chi connectivity index (χ3v) is 4.66. The van der Waals surface area contributed by atoms with Crippen LogP contribution in [-0.2, 0) is 6.54 Å². The lowest BCUT2D eigenvalue weighted by molar-refractivity contribution is 0.110. The average molecular weight is 340 g/mol. The minimum absolute atomic E-state index is 0.0648. The number of carbonyl (C=O) groups excluding carboxylic acids is 1. The van der Waals surface area contributed by atoms with E-state index in [1.807, 2.05) is 76.2 Å². The molecule has 0 saturated heterocycles. The fourth-order valence-electron chi connectivity index (χ4n) is 2.86. The second kappa shape index (κ2) is 8.67. The Hall–Kier alpha value is -2.33. The zero-order chi connectivity index (χ0) is 18.4. The van der Waals surface area contributed by atoms with Crippen molar-refractivity contribution in [3.8, 4) is 0 Å². The van der Waals surface area contributed by atoms with Gasteiger partial charge in [0.2, 0.25) is 0 Å². The maximum absolute atomic E-state index is 13.0. The molecule has 0 fully saturated rings. The maximum Gasteiger partial charge on any atom is 0.322 e. The molecule has 2 rings (SSSR count). The Morgan fingerprint density at radius 2 is 1.76 bits per heavy atom. The van der Waals surface area contributed by atoms with Gasteiger partial charge in [-0.15, -0.1) is 0 Å². The molecule has 0 heterocycles. The molecule has 134 valence electrons. The Morgan fingerprint density at radius 3 is 2.36 bits per heavy atom. The minimum Gasteiger partial charge on any atom is -0.394 e. The van der Waals surface area contributed by atoms with Crippen LogP contribution in [0.25, 0.3) is 0 Å². The molecule has 0 aliphatic heterocycles. The van der Waals surface area contributed by atoms with Gasteiger partial charge in [0.15, 0.2) is 0 Å². The largest absolute Gasteiger partial charge is 0.394 e. The van der Waals surface area contributed by atoms with Crippen LogP contribution in [-0.4, -0.2) is 28.7 Å². The molecule has 0 radical (unpaired) electrons. The predicted molar refractivity (Wildman–Crippen MR) is 103 cm³/mol. The number of rotatable bonds is 6. The topological polar surface area (TPSA) is 52.6 Å². The van der Waals surface area contributed by atoms with Crippen LogP contribution >= 0.6 is 0 Å². The Balaban J connectivity index is 2.27. The van der Waals surface area contributed by atoms with Gasteiger partial charge in [0.25, 0.3) is 0 Å². The lowest BCUT2D eigenvalue weighted by Gasteiger charge is -2.33. The van der Waals surface area contributed by atoms with Crippen molar-refractivity contribution in [2.45, 2.75) is 40.3 Å². The summed E-state index contributed by atoms with van der Waals surface area (Å²) >= 11 is 0. The molecule has 2 amide bonds. The van der Waals surface area contributed by atoms with E-state index in [4.69, 9.17) is 0 Å². The predicted octanol–water partition coefficient (Wildman–Crippen LogP) is 4.35. The van der Waals surface area contributed by atoms with Crippen molar-refractivity contribution in [3.63, 3.8) is 0 Å². The van der Waals surface area contributed by atoms with Crippen LogP contribution in [0.2, 0.25) is 0 Å². The smallest absolute Gasteiger partial charge is 0.322 e. The van der Waals surface area contributed by atoms with Crippen molar-refractivity contribution in [1.82, 2.24) is 4.90 Å². The summed E-state index contributed by atoms with van der Waals surface area (Å²) in [6.07, 6.45) is 0. The van der Waals surface area contributed by atoms with E-state index in [1.54, 1.807) is 4.90 Å². The molecule has 2 aromatic carbocycles. The van der Waals surface area contributed by atoms with Gasteiger partial charge in [-0.3, -0.25) is 0 Å². The standard InChI is InChI=1S/C21H28N2O2/c1-15(2)20(14-24)23(13-18-10-6-5-7-11-18)21(25)22-19-12-8-9-16(3)17(19)4/h5-12,15,20,24H,13-14H2,1-4H3,(H,22,25). The van der Waals surface area contributed by atoms with E-state index < -0.39 is 0 Å². The van der Waals surface area contributed by atoms with Crippen LogP contribution in [0.5, 0.6) is 0 Å². The van der Waals surface area contributed by atoms with Crippen LogP contribution < -0.4 is 5.32 Å². The molecule has 25 heavy (non-hydrogen) atoms. The van der Waals surface area contributed by atoms with Gasteiger partial charge in [0, 0.05) is 12.2 Å². The van der Waals surface area contributed by atoms with E-state index in [0.29, 0.717) is 6.54 Å². The van der Waals surface area contributed by atoms with E-state index in [0.717, 1.165) is 22.4 Å². The highest BCUT2D eigenvalue weighted by atomic mass is 16.3. The molecule has 2 N–H and O–H groups in total. The second-order valence-corrected chi connectivity index (χ2v) is 6.79. The Morgan fingerprint density at radius 1 is 1.08 bits per heavy atom. The number of urea groups is 1. The number of nitrogens with zero attached hydrogens (tertiary/aromatic N) is 1. The summed E-state index contributed by atoms with van der Waals surface area (Å²) in [5, 5.41) is 12.9. The van der Waals surface area contributed by atoms with Crippen molar-refractivity contribution in [2.75, 3.05) is 11.9 Å². The fourth-order valence-corrected chi connectivity index (χ4v) is 2.86. The Labute approximate surface area is 150 Å². The summed E-state index contributed by atoms with van der Waals surface area (Å²) in [5.74, 6) is 0.151. The second-order valence-electron chi connectivity index (χ2n) is 6.79. The highest BCUT2D eigenvalue weighted by Gasteiger charge is 2.26. The number of anilines is 1. The third kappa shape index (κ3) is 4.83. The van der Waals surface area contributed by atoms with Gasteiger partial charge < -0.3 is 15.3 Å². The van der Waals surface area contributed by atoms with Crippen molar-refractivity contribution in [2.24, 2.45) is 5.92 Å². The lowest BCUT2D eigenvalue weighted by Crippen LogP contribution is -2.47. The molecule has 0 spiro atoms. The lowest BCUT2D eigenvalue weighted by atomic mass is 10.0. The van der Waals surface area contributed by atoms with Crippen LogP contribution in [0.1, 0.15) is 30.5 Å². The van der Waals surface area contributed by atoms with E-state index in [1.165, 1.54) is 0 Å². The van der Waals surface area contributed by atoms with Crippen LogP contribution in [0.4, 0.5) is 10.5 Å². The first-order valence-corrected chi connectivity index (χ1v) is 8.72. The van der Waals surface area contributed by atoms with Crippen molar-refractivity contribution >= 4 is 11.7 Å². The molecule has 4 nitrogen and oxygen atoms in total. The zero-order valence-corrected chi connectivity index (χ0v) is 15.5. The van der Waals surface area contributed by atoms with E-state index in [-0.39, 0.29) is 24.6 Å². The number of aliphatic hydroxyl groups is 1. The Kier molecular flexibility index (Phi) is 6.59. The van der Waals surface area contributed by atoms with E-state index in [9.17, 15) is 9.90 Å². The zero-order valence-electron chi connectivity index (χ0n) is 15.5. The summed E-state index contributed by atoms with van der Waals surface area (Å²) < 4.78 is 0. The average Bonchev–Trinajstić information content (AvgIpc) is 2.59. The normalized spacial score (nSPS) is 12.1. The van der Waals surface area contributed by atoms with Gasteiger partial charge in [-0.05, 0) is 42.5 Å². The van der Waals surface area contributed by atoms with Gasteiger partial charge in [-0.25, -0.2) is 4.79 Å². The summed E-state index contributed by atoms with van der Waals surface area (Å²) in [7, 11) is 0. The minimum atomic E-state index is -0.245. The van der Waals surface area contributed by atoms with Gasteiger partial charge in [0.05, 0.1) is 12.6 Å². The molecule has 1 unspecified atom stereocenters. The van der Waals surface area contributed by atoms with Crippen molar-refractivity contribution < 1.29 is 9.90 Å². The third-order valence-electron chi connectivity index (χ3n) is 4.66. The molecular formula is C21H28N2O2. The first-order valence-electron chi connectivity index (χ1n) is 8.72. The number of benzene rings is 2. The van der Waals surface area contributed by atoms with E-state index in [2.05, 4.69) is 5.32 Å². The van der Waals surface area contributed by atoms with Crippen LogP contribution in [0.3, 0.4) is 0 Å². The molecule has 4 heteroatoms. The van der Waals surface area contributed by atoms with Crippen molar-refractivity contribution in [3.05, 3.63) is 65.2 Å². The highest BCUT2D eigenvalue weighted by Crippen LogP contribution is 2.21. The summed E-state index contributed by atoms with van der Waals surface area (Å²) in [6, 6.07) is 15.3. The number of amides is 2. The molecule has 1 atom stereocenters. The number of nitrogens with one attached hydrogen (secondary N) is 1. The van der Waals surface area contributed by atoms with Gasteiger partial charge in [-0.1, -0.05) is 56.3 Å². The highest BCUT2D eigenvalue weighted by molar-refractivity contribution is 5.90. The molecule has 0 aliphatic carbocycles. The molecule has 0 aromatic heterocycles. The number of carbonyl (C=O) groups is 1. The SMILES string of the molecule is Cc1cccc(NC(=O)N(Cc2ccccc2)C(CO)C(C)C)c1C. The monoisotopic (exact) mass is 340 g/mol. The maximum atomic E-state index is 13.0. The fraction of sp³-hybridized carbons (Fsp3) is 0.381. The number of aliphatic hydroxyl groups excluding tert-OH is 1. The number of hydrogen-bond donors (Lipinski definition) is 2. The quantitative estimate of drug-likeness (QED) is 0.821. The molecule has 0 bridgehead atoms. The molecular weight excluding hydrogens is 312 g/mol.